The molecule has 9 heteroatoms. The summed E-state index contributed by atoms with van der Waals surface area (Å²) >= 11 is 6.08. The fraction of sp³-hybridized carbons (Fsp3) is 0.250. The Morgan fingerprint density at radius 1 is 1.06 bits per heavy atom. The summed E-state index contributed by atoms with van der Waals surface area (Å²) in [7, 11) is 1.89. The van der Waals surface area contributed by atoms with Gasteiger partial charge >= 0.3 is 0 Å². The number of rotatable bonds is 5. The van der Waals surface area contributed by atoms with Crippen LogP contribution < -0.4 is 16.0 Å². The van der Waals surface area contributed by atoms with Crippen molar-refractivity contribution < 1.29 is 9.59 Å². The average Bonchev–Trinajstić information content (AvgIpc) is 2.99. The van der Waals surface area contributed by atoms with Crippen molar-refractivity contribution in [3.05, 3.63) is 75.6 Å². The third-order valence-corrected chi connectivity index (χ3v) is 5.43. The van der Waals surface area contributed by atoms with Crippen molar-refractivity contribution in [1.82, 2.24) is 15.1 Å². The maximum atomic E-state index is 12.9. The summed E-state index contributed by atoms with van der Waals surface area (Å²) in [5, 5.41) is 13.8. The highest BCUT2D eigenvalue weighted by atomic mass is 35.5. The maximum Gasteiger partial charge on any atom is 0.257 e. The van der Waals surface area contributed by atoms with E-state index in [9.17, 15) is 9.59 Å². The molecule has 0 bridgehead atoms. The van der Waals surface area contributed by atoms with Crippen molar-refractivity contribution in [2.24, 2.45) is 12.0 Å². The Labute approximate surface area is 198 Å². The molecular formula is C24H27ClN6O2. The molecule has 0 radical (unpaired) electrons. The number of carbonyl (C=O) groups is 2. The number of benzene rings is 2. The molecule has 0 aliphatic heterocycles. The topological polar surface area (TPSA) is 100 Å². The Morgan fingerprint density at radius 3 is 2.33 bits per heavy atom. The van der Waals surface area contributed by atoms with Gasteiger partial charge in [0.15, 0.2) is 0 Å². The summed E-state index contributed by atoms with van der Waals surface area (Å²) in [6.07, 6.45) is 0. The molecule has 2 amide bonds. The number of halogens is 1. The molecule has 0 fully saturated rings. The minimum atomic E-state index is -0.332. The molecule has 3 rings (SSSR count). The lowest BCUT2D eigenvalue weighted by Crippen LogP contribution is -2.36. The molecule has 0 saturated heterocycles. The lowest BCUT2D eigenvalue weighted by atomic mass is 10.2. The Balaban J connectivity index is 1.85. The number of carbonyl (C=O) groups excluding carboxylic acids is 2. The van der Waals surface area contributed by atoms with Crippen LogP contribution in [0, 0.1) is 20.8 Å². The Morgan fingerprint density at radius 2 is 1.76 bits per heavy atom. The second-order valence-corrected chi connectivity index (χ2v) is 8.17. The highest BCUT2D eigenvalue weighted by Crippen LogP contribution is 2.20. The van der Waals surface area contributed by atoms with Crippen molar-refractivity contribution in [3.63, 3.8) is 0 Å². The molecular weight excluding hydrogens is 440 g/mol. The fourth-order valence-electron chi connectivity index (χ4n) is 3.30. The standard InChI is InChI=1S/C24H27ClN6O2/c1-14-12-19(25)8-11-22(14)28-24(26-13-21-15(2)30-31(5)16(21)3)29-23(33)18-6-9-20(10-7-18)27-17(4)32/h6-12H,13H2,1-5H3,(H,27,32)(H2,26,28,29,33). The molecule has 0 aliphatic rings. The second-order valence-electron chi connectivity index (χ2n) is 7.73. The van der Waals surface area contributed by atoms with Crippen LogP contribution in [0.4, 0.5) is 11.4 Å². The average molecular weight is 467 g/mol. The van der Waals surface area contributed by atoms with Gasteiger partial charge in [-0.1, -0.05) is 11.6 Å². The zero-order chi connectivity index (χ0) is 24.1. The smallest absolute Gasteiger partial charge is 0.257 e. The number of aryl methyl sites for hydroxylation is 3. The predicted octanol–water partition coefficient (Wildman–Crippen LogP) is 4.36. The molecule has 8 nitrogen and oxygen atoms in total. The van der Waals surface area contributed by atoms with Crippen LogP contribution in [0.3, 0.4) is 0 Å². The normalized spacial score (nSPS) is 11.3. The molecule has 1 heterocycles. The van der Waals surface area contributed by atoms with Gasteiger partial charge in [0.25, 0.3) is 5.91 Å². The summed E-state index contributed by atoms with van der Waals surface area (Å²) in [4.78, 5) is 28.8. The Hall–Kier alpha value is -3.65. The number of amides is 2. The molecule has 0 aliphatic carbocycles. The number of nitrogens with zero attached hydrogens (tertiary/aromatic N) is 3. The molecule has 33 heavy (non-hydrogen) atoms. The number of hydrogen-bond donors (Lipinski definition) is 3. The molecule has 3 N–H and O–H groups in total. The molecule has 3 aromatic rings. The predicted molar refractivity (Wildman–Crippen MR) is 132 cm³/mol. The molecule has 1 aromatic heterocycles. The van der Waals surface area contributed by atoms with Gasteiger partial charge < -0.3 is 10.6 Å². The van der Waals surface area contributed by atoms with Crippen LogP contribution in [0.25, 0.3) is 0 Å². The third kappa shape index (κ3) is 6.20. The van der Waals surface area contributed by atoms with Gasteiger partial charge in [0.1, 0.15) is 0 Å². The molecule has 172 valence electrons. The van der Waals surface area contributed by atoms with Crippen LogP contribution in [0.15, 0.2) is 47.5 Å². The highest BCUT2D eigenvalue weighted by molar-refractivity contribution is 6.30. The van der Waals surface area contributed by atoms with E-state index in [1.54, 1.807) is 30.3 Å². The number of nitrogens with one attached hydrogen (secondary N) is 3. The number of aliphatic imine (C=N–C) groups is 1. The van der Waals surface area contributed by atoms with Gasteiger partial charge in [-0.25, -0.2) is 4.99 Å². The number of anilines is 2. The van der Waals surface area contributed by atoms with Crippen molar-refractivity contribution >= 4 is 40.7 Å². The largest absolute Gasteiger partial charge is 0.326 e. The van der Waals surface area contributed by atoms with Gasteiger partial charge in [-0.05, 0) is 68.8 Å². The number of hydrogen-bond acceptors (Lipinski definition) is 4. The summed E-state index contributed by atoms with van der Waals surface area (Å²) in [5.74, 6) is -0.203. The van der Waals surface area contributed by atoms with E-state index in [0.717, 1.165) is 28.2 Å². The van der Waals surface area contributed by atoms with Gasteiger partial charge in [-0.15, -0.1) is 0 Å². The Kier molecular flexibility index (Phi) is 7.50. The van der Waals surface area contributed by atoms with Crippen LogP contribution in [-0.4, -0.2) is 27.6 Å². The molecule has 0 atom stereocenters. The van der Waals surface area contributed by atoms with Gasteiger partial charge in [0.05, 0.1) is 12.2 Å². The Bertz CT molecular complexity index is 1210. The minimum absolute atomic E-state index is 0.176. The molecule has 0 saturated carbocycles. The van der Waals surface area contributed by atoms with E-state index < -0.39 is 0 Å². The van der Waals surface area contributed by atoms with Gasteiger partial charge in [0.2, 0.25) is 11.9 Å². The van der Waals surface area contributed by atoms with Crippen LogP contribution in [0.5, 0.6) is 0 Å². The summed E-state index contributed by atoms with van der Waals surface area (Å²) < 4.78 is 1.81. The maximum absolute atomic E-state index is 12.9. The van der Waals surface area contributed by atoms with E-state index in [-0.39, 0.29) is 11.8 Å². The van der Waals surface area contributed by atoms with E-state index in [4.69, 9.17) is 11.6 Å². The summed E-state index contributed by atoms with van der Waals surface area (Å²) in [6.45, 7) is 7.62. The van der Waals surface area contributed by atoms with Crippen molar-refractivity contribution in [2.45, 2.75) is 34.2 Å². The van der Waals surface area contributed by atoms with E-state index in [1.807, 2.05) is 44.6 Å². The highest BCUT2D eigenvalue weighted by Gasteiger charge is 2.13. The summed E-state index contributed by atoms with van der Waals surface area (Å²) in [5.41, 5.74) is 5.64. The van der Waals surface area contributed by atoms with E-state index in [2.05, 4.69) is 26.0 Å². The van der Waals surface area contributed by atoms with Crippen molar-refractivity contribution in [3.8, 4) is 0 Å². The van der Waals surface area contributed by atoms with E-state index in [0.29, 0.717) is 28.8 Å². The number of guanidine groups is 1. The third-order valence-electron chi connectivity index (χ3n) is 5.20. The first-order valence-electron chi connectivity index (χ1n) is 10.4. The van der Waals surface area contributed by atoms with Crippen LogP contribution in [0.1, 0.15) is 39.8 Å². The summed E-state index contributed by atoms with van der Waals surface area (Å²) in [6, 6.07) is 12.1. The minimum Gasteiger partial charge on any atom is -0.326 e. The van der Waals surface area contributed by atoms with Crippen LogP contribution in [0.2, 0.25) is 5.02 Å². The number of aromatic nitrogens is 2. The second kappa shape index (κ2) is 10.3. The first-order chi connectivity index (χ1) is 15.6. The van der Waals surface area contributed by atoms with E-state index >= 15 is 0 Å². The lowest BCUT2D eigenvalue weighted by molar-refractivity contribution is -0.114. The molecule has 0 unspecified atom stereocenters. The first kappa shape index (κ1) is 24.0. The molecule has 2 aromatic carbocycles. The lowest BCUT2D eigenvalue weighted by Gasteiger charge is -2.14. The SMILES string of the molecule is CC(=O)Nc1ccc(C(=O)NC(=NCc2c(C)nn(C)c2C)Nc2ccc(Cl)cc2C)cc1. The van der Waals surface area contributed by atoms with Crippen LogP contribution in [-0.2, 0) is 18.4 Å². The van der Waals surface area contributed by atoms with Gasteiger partial charge in [0, 0.05) is 47.2 Å². The zero-order valence-electron chi connectivity index (χ0n) is 19.3. The first-order valence-corrected chi connectivity index (χ1v) is 10.8. The monoisotopic (exact) mass is 466 g/mol. The van der Waals surface area contributed by atoms with Crippen molar-refractivity contribution in [1.29, 1.82) is 0 Å². The van der Waals surface area contributed by atoms with Gasteiger partial charge in [-0.2, -0.15) is 5.10 Å². The quantitative estimate of drug-likeness (QED) is 0.384. The zero-order valence-corrected chi connectivity index (χ0v) is 20.0. The van der Waals surface area contributed by atoms with Crippen LogP contribution >= 0.6 is 11.6 Å². The van der Waals surface area contributed by atoms with Gasteiger partial charge in [-0.3, -0.25) is 19.6 Å². The van der Waals surface area contributed by atoms with E-state index in [1.165, 1.54) is 6.92 Å². The molecule has 0 spiro atoms. The fourth-order valence-corrected chi connectivity index (χ4v) is 3.52. The van der Waals surface area contributed by atoms with Crippen molar-refractivity contribution in [2.75, 3.05) is 10.6 Å².